The summed E-state index contributed by atoms with van der Waals surface area (Å²) in [6, 6.07) is 1.60. The molecule has 0 saturated heterocycles. The van der Waals surface area contributed by atoms with E-state index in [0.717, 1.165) is 18.9 Å². The number of nitrogens with two attached hydrogens (primary N) is 1. The molecular weight excluding hydrogens is 286 g/mol. The molecular formula is C13H18F2N2O2S. The van der Waals surface area contributed by atoms with E-state index in [2.05, 4.69) is 4.72 Å². The minimum absolute atomic E-state index is 0.0833. The molecule has 0 bridgehead atoms. The van der Waals surface area contributed by atoms with Gasteiger partial charge in [-0.2, -0.15) is 0 Å². The van der Waals surface area contributed by atoms with Gasteiger partial charge >= 0.3 is 0 Å². The molecule has 112 valence electrons. The highest BCUT2D eigenvalue weighted by Gasteiger charge is 2.37. The first kappa shape index (κ1) is 15.3. The van der Waals surface area contributed by atoms with E-state index in [1.165, 1.54) is 6.92 Å². The Balaban J connectivity index is 2.38. The van der Waals surface area contributed by atoms with Crippen LogP contribution in [0.15, 0.2) is 17.0 Å². The minimum atomic E-state index is -4.06. The molecule has 2 rings (SSSR count). The number of hydrogen-bond acceptors (Lipinski definition) is 3. The van der Waals surface area contributed by atoms with Crippen LogP contribution in [0.2, 0.25) is 0 Å². The second-order valence-electron chi connectivity index (χ2n) is 5.33. The molecule has 1 aliphatic carbocycles. The quantitative estimate of drug-likeness (QED) is 0.891. The van der Waals surface area contributed by atoms with E-state index in [9.17, 15) is 17.2 Å². The van der Waals surface area contributed by atoms with Crippen molar-refractivity contribution in [3.63, 3.8) is 0 Å². The minimum Gasteiger partial charge on any atom is -0.329 e. The van der Waals surface area contributed by atoms with Crippen molar-refractivity contribution in [2.24, 2.45) is 5.73 Å². The summed E-state index contributed by atoms with van der Waals surface area (Å²) in [5.74, 6) is -1.86. The van der Waals surface area contributed by atoms with Crippen molar-refractivity contribution in [1.29, 1.82) is 0 Å². The molecule has 3 N–H and O–H groups in total. The van der Waals surface area contributed by atoms with Gasteiger partial charge in [-0.1, -0.05) is 12.8 Å². The molecule has 20 heavy (non-hydrogen) atoms. The number of hydrogen-bond donors (Lipinski definition) is 2. The van der Waals surface area contributed by atoms with Crippen LogP contribution in [-0.4, -0.2) is 20.5 Å². The molecule has 1 fully saturated rings. The van der Waals surface area contributed by atoms with Gasteiger partial charge in [0.2, 0.25) is 10.0 Å². The maximum absolute atomic E-state index is 13.7. The molecule has 0 unspecified atom stereocenters. The molecule has 7 heteroatoms. The maximum Gasteiger partial charge on any atom is 0.244 e. The van der Waals surface area contributed by atoms with Gasteiger partial charge in [-0.05, 0) is 31.4 Å². The summed E-state index contributed by atoms with van der Waals surface area (Å²) in [7, 11) is -4.06. The van der Waals surface area contributed by atoms with Crippen molar-refractivity contribution in [2.75, 3.05) is 6.54 Å². The lowest BCUT2D eigenvalue weighted by atomic mass is 10.0. The number of nitrogens with one attached hydrogen (secondary N) is 1. The Bertz CT molecular complexity index is 611. The lowest BCUT2D eigenvalue weighted by Crippen LogP contribution is -2.51. The lowest BCUT2D eigenvalue weighted by Gasteiger charge is -2.28. The number of rotatable bonds is 4. The fourth-order valence-corrected chi connectivity index (χ4v) is 4.19. The molecule has 0 amide bonds. The first-order valence-corrected chi connectivity index (χ1v) is 7.98. The summed E-state index contributed by atoms with van der Waals surface area (Å²) in [6.07, 6.45) is 3.02. The van der Waals surface area contributed by atoms with E-state index in [1.807, 2.05) is 0 Å². The van der Waals surface area contributed by atoms with Crippen LogP contribution in [0.4, 0.5) is 8.78 Å². The van der Waals surface area contributed by atoms with Crippen LogP contribution in [-0.2, 0) is 10.0 Å². The van der Waals surface area contributed by atoms with Crippen molar-refractivity contribution >= 4 is 10.0 Å². The predicted molar refractivity (Wildman–Crippen MR) is 71.7 cm³/mol. The third-order valence-electron chi connectivity index (χ3n) is 3.80. The van der Waals surface area contributed by atoms with Gasteiger partial charge in [0.05, 0.1) is 0 Å². The van der Waals surface area contributed by atoms with Crippen molar-refractivity contribution in [3.05, 3.63) is 29.3 Å². The van der Waals surface area contributed by atoms with E-state index in [0.29, 0.717) is 18.9 Å². The zero-order chi connectivity index (χ0) is 15.0. The Morgan fingerprint density at radius 3 is 2.40 bits per heavy atom. The van der Waals surface area contributed by atoms with Crippen LogP contribution >= 0.6 is 0 Å². The first-order chi connectivity index (χ1) is 9.30. The summed E-state index contributed by atoms with van der Waals surface area (Å²) in [5, 5.41) is 0. The number of benzene rings is 1. The van der Waals surface area contributed by atoms with E-state index in [-0.39, 0.29) is 12.1 Å². The van der Waals surface area contributed by atoms with Crippen molar-refractivity contribution in [2.45, 2.75) is 43.0 Å². The second-order valence-corrected chi connectivity index (χ2v) is 6.98. The van der Waals surface area contributed by atoms with Crippen molar-refractivity contribution < 1.29 is 17.2 Å². The summed E-state index contributed by atoms with van der Waals surface area (Å²) < 4.78 is 54.1. The van der Waals surface area contributed by atoms with Crippen LogP contribution in [0.5, 0.6) is 0 Å². The summed E-state index contributed by atoms with van der Waals surface area (Å²) in [5.41, 5.74) is 5.03. The highest BCUT2D eigenvalue weighted by molar-refractivity contribution is 7.89. The third kappa shape index (κ3) is 2.84. The van der Waals surface area contributed by atoms with Crippen LogP contribution in [0, 0.1) is 18.6 Å². The average Bonchev–Trinajstić information content (AvgIpc) is 2.82. The van der Waals surface area contributed by atoms with Gasteiger partial charge in [0.25, 0.3) is 0 Å². The highest BCUT2D eigenvalue weighted by Crippen LogP contribution is 2.31. The topological polar surface area (TPSA) is 72.2 Å². The average molecular weight is 304 g/mol. The highest BCUT2D eigenvalue weighted by atomic mass is 32.2. The van der Waals surface area contributed by atoms with E-state index < -0.39 is 32.1 Å². The van der Waals surface area contributed by atoms with Crippen molar-refractivity contribution in [1.82, 2.24) is 4.72 Å². The van der Waals surface area contributed by atoms with Gasteiger partial charge in [0, 0.05) is 18.2 Å². The second kappa shape index (κ2) is 5.38. The number of halogens is 2. The Labute approximate surface area is 117 Å². The van der Waals surface area contributed by atoms with Crippen LogP contribution < -0.4 is 10.5 Å². The Morgan fingerprint density at radius 1 is 1.25 bits per heavy atom. The number of sulfonamides is 1. The van der Waals surface area contributed by atoms with E-state index in [4.69, 9.17) is 5.73 Å². The normalized spacial score (nSPS) is 18.4. The van der Waals surface area contributed by atoms with Gasteiger partial charge in [0.15, 0.2) is 0 Å². The summed E-state index contributed by atoms with van der Waals surface area (Å²) in [4.78, 5) is -0.531. The molecule has 0 spiro atoms. The van der Waals surface area contributed by atoms with Gasteiger partial charge in [0.1, 0.15) is 16.5 Å². The van der Waals surface area contributed by atoms with Gasteiger partial charge in [-0.15, -0.1) is 0 Å². The SMILES string of the molecule is Cc1cc(S(=O)(=O)NC2(CN)CCCC2)c(F)cc1F. The molecule has 1 aliphatic rings. The van der Waals surface area contributed by atoms with Crippen molar-refractivity contribution in [3.8, 4) is 0 Å². The Morgan fingerprint density at radius 2 is 1.85 bits per heavy atom. The van der Waals surface area contributed by atoms with E-state index >= 15 is 0 Å². The fraction of sp³-hybridized carbons (Fsp3) is 0.538. The molecule has 0 aliphatic heterocycles. The molecule has 4 nitrogen and oxygen atoms in total. The Kier molecular flexibility index (Phi) is 4.13. The maximum atomic E-state index is 13.7. The lowest BCUT2D eigenvalue weighted by molar-refractivity contribution is 0.398. The largest absolute Gasteiger partial charge is 0.329 e. The molecule has 0 heterocycles. The predicted octanol–water partition coefficient (Wildman–Crippen LogP) is 1.82. The van der Waals surface area contributed by atoms with Crippen LogP contribution in [0.3, 0.4) is 0 Å². The fourth-order valence-electron chi connectivity index (χ4n) is 2.58. The third-order valence-corrected chi connectivity index (χ3v) is 5.40. The van der Waals surface area contributed by atoms with Crippen LogP contribution in [0.25, 0.3) is 0 Å². The van der Waals surface area contributed by atoms with Crippen LogP contribution in [0.1, 0.15) is 31.2 Å². The molecule has 0 atom stereocenters. The standard InChI is InChI=1S/C13H18F2N2O2S/c1-9-6-12(11(15)7-10(9)14)20(18,19)17-13(8-16)4-2-3-5-13/h6-7,17H,2-5,8,16H2,1H3. The molecule has 0 aromatic heterocycles. The zero-order valence-corrected chi connectivity index (χ0v) is 12.1. The summed E-state index contributed by atoms with van der Waals surface area (Å²) in [6.45, 7) is 1.55. The van der Waals surface area contributed by atoms with Gasteiger partial charge < -0.3 is 5.73 Å². The first-order valence-electron chi connectivity index (χ1n) is 6.49. The smallest absolute Gasteiger partial charge is 0.244 e. The molecule has 1 aromatic rings. The Hall–Kier alpha value is -1.05. The van der Waals surface area contributed by atoms with Gasteiger partial charge in [-0.3, -0.25) is 0 Å². The van der Waals surface area contributed by atoms with E-state index in [1.54, 1.807) is 0 Å². The molecule has 1 aromatic carbocycles. The monoisotopic (exact) mass is 304 g/mol. The number of aryl methyl sites for hydroxylation is 1. The molecule has 1 saturated carbocycles. The zero-order valence-electron chi connectivity index (χ0n) is 11.2. The van der Waals surface area contributed by atoms with Gasteiger partial charge in [-0.25, -0.2) is 21.9 Å². The summed E-state index contributed by atoms with van der Waals surface area (Å²) >= 11 is 0. The molecule has 0 radical (unpaired) electrons.